The van der Waals surface area contributed by atoms with Crippen molar-refractivity contribution in [2.24, 2.45) is 5.73 Å². The van der Waals surface area contributed by atoms with Crippen LogP contribution in [0, 0.1) is 0 Å². The molecule has 0 aliphatic heterocycles. The molecule has 0 spiro atoms. The number of furan rings is 1. The largest absolute Gasteiger partial charge is 0.467 e. The van der Waals surface area contributed by atoms with Gasteiger partial charge in [-0.2, -0.15) is 0 Å². The van der Waals surface area contributed by atoms with Gasteiger partial charge in [0.05, 0.1) is 24.5 Å². The van der Waals surface area contributed by atoms with Gasteiger partial charge in [-0.15, -0.1) is 0 Å². The van der Waals surface area contributed by atoms with Crippen LogP contribution >= 0.6 is 0 Å². The van der Waals surface area contributed by atoms with Gasteiger partial charge in [0, 0.05) is 6.54 Å². The van der Waals surface area contributed by atoms with Crippen molar-refractivity contribution in [1.82, 2.24) is 5.32 Å². The van der Waals surface area contributed by atoms with Gasteiger partial charge in [0.2, 0.25) is 5.91 Å². The van der Waals surface area contributed by atoms with Crippen LogP contribution in [-0.2, 0) is 16.1 Å². The molecule has 0 radical (unpaired) electrons. The number of rotatable bonds is 8. The maximum atomic E-state index is 11.0. The van der Waals surface area contributed by atoms with Crippen molar-refractivity contribution in [3.8, 4) is 0 Å². The SMILES string of the molecule is CC(C)(NCC(O)COCc1ccco1)C(N)=O. The summed E-state index contributed by atoms with van der Waals surface area (Å²) in [6.45, 7) is 4.01. The molecule has 1 rings (SSSR count). The van der Waals surface area contributed by atoms with Gasteiger partial charge in [0.1, 0.15) is 12.4 Å². The second-order valence-electron chi connectivity index (χ2n) is 4.62. The number of aliphatic hydroxyl groups is 1. The summed E-state index contributed by atoms with van der Waals surface area (Å²) in [6.07, 6.45) is 0.852. The molecule has 0 saturated heterocycles. The van der Waals surface area contributed by atoms with Crippen LogP contribution in [0.5, 0.6) is 0 Å². The second kappa shape index (κ2) is 6.53. The Morgan fingerprint density at radius 1 is 1.67 bits per heavy atom. The minimum absolute atomic E-state index is 0.155. The van der Waals surface area contributed by atoms with Gasteiger partial charge < -0.3 is 25.3 Å². The predicted molar refractivity (Wildman–Crippen MR) is 65.6 cm³/mol. The average molecular weight is 256 g/mol. The second-order valence-corrected chi connectivity index (χ2v) is 4.62. The van der Waals surface area contributed by atoms with E-state index < -0.39 is 17.6 Å². The number of amides is 1. The summed E-state index contributed by atoms with van der Waals surface area (Å²) in [6, 6.07) is 3.56. The first kappa shape index (κ1) is 14.7. The Balaban J connectivity index is 2.18. The Hall–Kier alpha value is -1.37. The number of nitrogens with two attached hydrogens (primary N) is 1. The van der Waals surface area contributed by atoms with Gasteiger partial charge in [-0.05, 0) is 26.0 Å². The summed E-state index contributed by atoms with van der Waals surface area (Å²) in [5.74, 6) is 0.235. The summed E-state index contributed by atoms with van der Waals surface area (Å²) < 4.78 is 10.3. The van der Waals surface area contributed by atoms with Crippen molar-refractivity contribution in [2.75, 3.05) is 13.2 Å². The Kier molecular flexibility index (Phi) is 5.33. The molecule has 4 N–H and O–H groups in total. The van der Waals surface area contributed by atoms with Gasteiger partial charge in [0.15, 0.2) is 0 Å². The Morgan fingerprint density at radius 3 is 2.94 bits per heavy atom. The molecule has 1 atom stereocenters. The zero-order valence-electron chi connectivity index (χ0n) is 10.7. The lowest BCUT2D eigenvalue weighted by Crippen LogP contribution is -2.53. The van der Waals surface area contributed by atoms with Crippen LogP contribution < -0.4 is 11.1 Å². The van der Waals surface area contributed by atoms with Crippen molar-refractivity contribution in [1.29, 1.82) is 0 Å². The van der Waals surface area contributed by atoms with Crippen LogP contribution in [0.3, 0.4) is 0 Å². The van der Waals surface area contributed by atoms with Crippen LogP contribution in [0.15, 0.2) is 22.8 Å². The summed E-state index contributed by atoms with van der Waals surface area (Å²) in [5, 5.41) is 12.5. The molecule has 1 aromatic rings. The van der Waals surface area contributed by atoms with Crippen molar-refractivity contribution in [3.05, 3.63) is 24.2 Å². The molecule has 0 bridgehead atoms. The fourth-order valence-electron chi connectivity index (χ4n) is 1.21. The molecule has 18 heavy (non-hydrogen) atoms. The highest BCUT2D eigenvalue weighted by Crippen LogP contribution is 2.03. The Labute approximate surface area is 106 Å². The van der Waals surface area contributed by atoms with Crippen molar-refractivity contribution in [2.45, 2.75) is 32.1 Å². The van der Waals surface area contributed by atoms with Crippen LogP contribution in [0.25, 0.3) is 0 Å². The van der Waals surface area contributed by atoms with Gasteiger partial charge in [-0.3, -0.25) is 4.79 Å². The average Bonchev–Trinajstić information content (AvgIpc) is 2.79. The molecule has 6 heteroatoms. The molecule has 6 nitrogen and oxygen atoms in total. The molecule has 1 aromatic heterocycles. The lowest BCUT2D eigenvalue weighted by molar-refractivity contribution is -0.123. The van der Waals surface area contributed by atoms with Crippen molar-refractivity contribution < 1.29 is 19.1 Å². The Morgan fingerprint density at radius 2 is 2.39 bits per heavy atom. The van der Waals surface area contributed by atoms with Crippen molar-refractivity contribution >= 4 is 5.91 Å². The monoisotopic (exact) mass is 256 g/mol. The molecule has 1 unspecified atom stereocenters. The standard InChI is InChI=1S/C12H20N2O4/c1-12(2,11(13)16)14-6-9(15)7-17-8-10-4-3-5-18-10/h3-5,9,14-15H,6-8H2,1-2H3,(H2,13,16). The van der Waals surface area contributed by atoms with Gasteiger partial charge in [-0.1, -0.05) is 0 Å². The number of β-amino-alcohol motifs (C(OH)–C–C–N with tert-alkyl or cyclic N) is 1. The number of carbonyl (C=O) groups excluding carboxylic acids is 1. The van der Waals surface area contributed by atoms with E-state index in [1.54, 1.807) is 32.2 Å². The predicted octanol–water partition coefficient (Wildman–Crippen LogP) is 0.0106. The van der Waals surface area contributed by atoms with Gasteiger partial charge >= 0.3 is 0 Å². The number of hydrogen-bond donors (Lipinski definition) is 3. The number of aliphatic hydroxyl groups excluding tert-OH is 1. The molecule has 1 heterocycles. The quantitative estimate of drug-likeness (QED) is 0.608. The third-order valence-electron chi connectivity index (χ3n) is 2.53. The summed E-state index contributed by atoms with van der Waals surface area (Å²) in [4.78, 5) is 11.0. The highest BCUT2D eigenvalue weighted by molar-refractivity contribution is 5.83. The zero-order valence-corrected chi connectivity index (χ0v) is 10.7. The van der Waals surface area contributed by atoms with E-state index >= 15 is 0 Å². The fraction of sp³-hybridized carbons (Fsp3) is 0.583. The first-order valence-corrected chi connectivity index (χ1v) is 5.75. The molecular formula is C12H20N2O4. The summed E-state index contributed by atoms with van der Waals surface area (Å²) in [5.41, 5.74) is 4.35. The number of carbonyl (C=O) groups is 1. The fourth-order valence-corrected chi connectivity index (χ4v) is 1.21. The molecule has 0 fully saturated rings. The molecule has 0 aliphatic carbocycles. The molecule has 0 aliphatic rings. The van der Waals surface area contributed by atoms with Gasteiger partial charge in [0.25, 0.3) is 0 Å². The Bertz CT molecular complexity index is 362. The van der Waals surface area contributed by atoms with E-state index in [9.17, 15) is 9.90 Å². The number of nitrogens with one attached hydrogen (secondary N) is 1. The molecule has 102 valence electrons. The van der Waals surface area contributed by atoms with Crippen LogP contribution in [0.1, 0.15) is 19.6 Å². The van der Waals surface area contributed by atoms with E-state index in [0.29, 0.717) is 12.4 Å². The number of primary amides is 1. The smallest absolute Gasteiger partial charge is 0.237 e. The normalized spacial score (nSPS) is 13.5. The number of hydrogen-bond acceptors (Lipinski definition) is 5. The minimum atomic E-state index is -0.845. The lowest BCUT2D eigenvalue weighted by Gasteiger charge is -2.24. The molecule has 1 amide bonds. The lowest BCUT2D eigenvalue weighted by atomic mass is 10.1. The summed E-state index contributed by atoms with van der Waals surface area (Å²) >= 11 is 0. The number of ether oxygens (including phenoxy) is 1. The van der Waals surface area contributed by atoms with E-state index in [1.165, 1.54) is 0 Å². The first-order valence-electron chi connectivity index (χ1n) is 5.75. The van der Waals surface area contributed by atoms with Gasteiger partial charge in [-0.25, -0.2) is 0 Å². The van der Waals surface area contributed by atoms with E-state index in [-0.39, 0.29) is 13.2 Å². The third-order valence-corrected chi connectivity index (χ3v) is 2.53. The maximum Gasteiger partial charge on any atom is 0.237 e. The van der Waals surface area contributed by atoms with E-state index in [4.69, 9.17) is 14.9 Å². The molecule has 0 saturated carbocycles. The molecule has 0 aromatic carbocycles. The zero-order chi connectivity index (χ0) is 13.6. The van der Waals surface area contributed by atoms with E-state index in [2.05, 4.69) is 5.32 Å². The van der Waals surface area contributed by atoms with Crippen LogP contribution in [0.4, 0.5) is 0 Å². The third kappa shape index (κ3) is 4.87. The minimum Gasteiger partial charge on any atom is -0.467 e. The summed E-state index contributed by atoms with van der Waals surface area (Å²) in [7, 11) is 0. The highest BCUT2D eigenvalue weighted by atomic mass is 16.5. The van der Waals surface area contributed by atoms with Crippen LogP contribution in [0.2, 0.25) is 0 Å². The molecular weight excluding hydrogens is 236 g/mol. The van der Waals surface area contributed by atoms with E-state index in [1.807, 2.05) is 0 Å². The topological polar surface area (TPSA) is 97.7 Å². The van der Waals surface area contributed by atoms with Crippen LogP contribution in [-0.4, -0.2) is 35.8 Å². The van der Waals surface area contributed by atoms with E-state index in [0.717, 1.165) is 0 Å². The first-order chi connectivity index (χ1) is 8.42. The highest BCUT2D eigenvalue weighted by Gasteiger charge is 2.24. The van der Waals surface area contributed by atoms with Crippen molar-refractivity contribution in [3.63, 3.8) is 0 Å². The maximum absolute atomic E-state index is 11.0.